The molecule has 7 heteroatoms. The van der Waals surface area contributed by atoms with E-state index in [2.05, 4.69) is 5.32 Å². The third-order valence-electron chi connectivity index (χ3n) is 4.94. The molecule has 29 heavy (non-hydrogen) atoms. The lowest BCUT2D eigenvalue weighted by Gasteiger charge is -2.13. The topological polar surface area (TPSA) is 73.5 Å². The molecule has 0 aliphatic heterocycles. The summed E-state index contributed by atoms with van der Waals surface area (Å²) in [7, 11) is 1.51. The van der Waals surface area contributed by atoms with Crippen molar-refractivity contribution in [2.24, 2.45) is 0 Å². The molecule has 0 aliphatic rings. The number of rotatable bonds is 4. The minimum Gasteiger partial charge on any atom is -0.495 e. The van der Waals surface area contributed by atoms with E-state index in [0.717, 1.165) is 10.9 Å². The maximum absolute atomic E-state index is 13.1. The fourth-order valence-electron chi connectivity index (χ4n) is 3.53. The Morgan fingerprint density at radius 3 is 2.69 bits per heavy atom. The predicted octanol–water partition coefficient (Wildman–Crippen LogP) is 4.99. The molecular weight excluding hydrogens is 392 g/mol. The molecule has 0 spiro atoms. The summed E-state index contributed by atoms with van der Waals surface area (Å²) in [4.78, 5) is 25.6. The molecule has 0 aliphatic carbocycles. The van der Waals surface area contributed by atoms with Crippen molar-refractivity contribution in [1.29, 1.82) is 0 Å². The van der Waals surface area contributed by atoms with Crippen LogP contribution in [0, 0.1) is 6.92 Å². The molecule has 2 aromatic carbocycles. The lowest BCUT2D eigenvalue weighted by Crippen LogP contribution is -2.17. The minimum atomic E-state index is -0.472. The van der Waals surface area contributed by atoms with E-state index in [-0.39, 0.29) is 5.91 Å². The average molecular weight is 411 g/mol. The van der Waals surface area contributed by atoms with Crippen molar-refractivity contribution in [3.8, 4) is 5.75 Å². The van der Waals surface area contributed by atoms with Gasteiger partial charge in [0.1, 0.15) is 17.0 Å². The number of hydrogen-bond donors (Lipinski definition) is 1. The number of nitrogens with one attached hydrogen (secondary N) is 1. The average Bonchev–Trinajstić information content (AvgIpc) is 3.11. The highest BCUT2D eigenvalue weighted by Gasteiger charge is 2.21. The van der Waals surface area contributed by atoms with Crippen LogP contribution in [-0.4, -0.2) is 17.6 Å². The van der Waals surface area contributed by atoms with Gasteiger partial charge >= 0.3 is 5.63 Å². The molecule has 0 bridgehead atoms. The molecule has 0 fully saturated rings. The molecule has 0 saturated heterocycles. The quantitative estimate of drug-likeness (QED) is 0.481. The van der Waals surface area contributed by atoms with Gasteiger partial charge in [-0.3, -0.25) is 4.79 Å². The summed E-state index contributed by atoms with van der Waals surface area (Å²) in [5.41, 5.74) is 2.37. The molecule has 6 nitrogen and oxygen atoms in total. The SMILES string of the molecule is CCn1c(C(=O)Nc2cc(C)c(Cl)cc2OC)cc2c(=O)oc3ccccc3c21. The fraction of sp³-hybridized carbons (Fsp3) is 0.182. The van der Waals surface area contributed by atoms with Gasteiger partial charge in [-0.2, -0.15) is 0 Å². The Morgan fingerprint density at radius 2 is 1.97 bits per heavy atom. The Bertz CT molecular complexity index is 1320. The Labute approximate surface area is 171 Å². The second kappa shape index (κ2) is 7.29. The summed E-state index contributed by atoms with van der Waals surface area (Å²) in [6.45, 7) is 4.28. The maximum Gasteiger partial charge on any atom is 0.345 e. The molecule has 4 aromatic rings. The van der Waals surface area contributed by atoms with Crippen LogP contribution < -0.4 is 15.7 Å². The van der Waals surface area contributed by atoms with Crippen molar-refractivity contribution in [2.75, 3.05) is 12.4 Å². The van der Waals surface area contributed by atoms with Crippen LogP contribution in [-0.2, 0) is 6.54 Å². The monoisotopic (exact) mass is 410 g/mol. The van der Waals surface area contributed by atoms with Crippen molar-refractivity contribution in [2.45, 2.75) is 20.4 Å². The third-order valence-corrected chi connectivity index (χ3v) is 5.35. The zero-order valence-electron chi connectivity index (χ0n) is 16.2. The fourth-order valence-corrected chi connectivity index (χ4v) is 3.69. The summed E-state index contributed by atoms with van der Waals surface area (Å²) in [6, 6.07) is 12.3. The minimum absolute atomic E-state index is 0.355. The van der Waals surface area contributed by atoms with Gasteiger partial charge in [0, 0.05) is 23.0 Å². The Hall–Kier alpha value is -3.25. The standard InChI is InChI=1S/C22H19ClN2O4/c1-4-25-17(21(26)24-16-9-12(2)15(23)11-19(16)28-3)10-14-20(25)13-7-5-6-8-18(13)29-22(14)27/h5-11H,4H2,1-3H3,(H,24,26). The van der Waals surface area contributed by atoms with E-state index in [0.29, 0.717) is 45.2 Å². The largest absolute Gasteiger partial charge is 0.495 e. The number of carbonyl (C=O) groups is 1. The Balaban J connectivity index is 1.87. The number of halogens is 1. The normalized spacial score (nSPS) is 11.2. The van der Waals surface area contributed by atoms with Crippen LogP contribution in [0.2, 0.25) is 5.02 Å². The number of benzene rings is 2. The van der Waals surface area contributed by atoms with Crippen molar-refractivity contribution in [1.82, 2.24) is 4.57 Å². The smallest absolute Gasteiger partial charge is 0.345 e. The van der Waals surface area contributed by atoms with Gasteiger partial charge < -0.3 is 19.0 Å². The van der Waals surface area contributed by atoms with Gasteiger partial charge in [0.2, 0.25) is 0 Å². The highest BCUT2D eigenvalue weighted by atomic mass is 35.5. The first-order valence-electron chi connectivity index (χ1n) is 9.15. The Morgan fingerprint density at radius 1 is 1.21 bits per heavy atom. The molecule has 1 amide bonds. The summed E-state index contributed by atoms with van der Waals surface area (Å²) in [5, 5.41) is 4.57. The van der Waals surface area contributed by atoms with Gasteiger partial charge in [0.15, 0.2) is 0 Å². The van der Waals surface area contributed by atoms with Crippen LogP contribution in [0.1, 0.15) is 23.0 Å². The maximum atomic E-state index is 13.1. The van der Waals surface area contributed by atoms with E-state index in [1.165, 1.54) is 7.11 Å². The highest BCUT2D eigenvalue weighted by Crippen LogP contribution is 2.32. The van der Waals surface area contributed by atoms with E-state index in [9.17, 15) is 9.59 Å². The zero-order valence-corrected chi connectivity index (χ0v) is 17.0. The first kappa shape index (κ1) is 19.1. The molecule has 0 saturated carbocycles. The number of anilines is 1. The number of hydrogen-bond acceptors (Lipinski definition) is 4. The second-order valence-electron chi connectivity index (χ2n) is 6.68. The molecule has 2 heterocycles. The van der Waals surface area contributed by atoms with Gasteiger partial charge in [0.25, 0.3) is 5.91 Å². The van der Waals surface area contributed by atoms with Gasteiger partial charge in [-0.15, -0.1) is 0 Å². The number of ether oxygens (including phenoxy) is 1. The van der Waals surface area contributed by atoms with E-state index in [4.69, 9.17) is 20.8 Å². The molecule has 0 atom stereocenters. The van der Waals surface area contributed by atoms with Crippen LogP contribution >= 0.6 is 11.6 Å². The first-order valence-corrected chi connectivity index (χ1v) is 9.53. The molecule has 1 N–H and O–H groups in total. The van der Waals surface area contributed by atoms with E-state index >= 15 is 0 Å². The van der Waals surface area contributed by atoms with E-state index < -0.39 is 5.63 Å². The molecule has 0 radical (unpaired) electrons. The lowest BCUT2D eigenvalue weighted by molar-refractivity contribution is 0.101. The van der Waals surface area contributed by atoms with Crippen molar-refractivity contribution in [3.63, 3.8) is 0 Å². The summed E-state index contributed by atoms with van der Waals surface area (Å²) in [6.07, 6.45) is 0. The number of carbonyl (C=O) groups excluding carboxylic acids is 1. The van der Waals surface area contributed by atoms with E-state index in [1.807, 2.05) is 30.5 Å². The summed E-state index contributed by atoms with van der Waals surface area (Å²) < 4.78 is 12.6. The number of para-hydroxylation sites is 1. The number of fused-ring (bicyclic) bond motifs is 3. The lowest BCUT2D eigenvalue weighted by atomic mass is 10.2. The van der Waals surface area contributed by atoms with Gasteiger partial charge in [-0.05, 0) is 43.7 Å². The molecule has 4 rings (SSSR count). The second-order valence-corrected chi connectivity index (χ2v) is 7.08. The van der Waals surface area contributed by atoms with Gasteiger partial charge in [-0.1, -0.05) is 23.7 Å². The Kier molecular flexibility index (Phi) is 4.80. The van der Waals surface area contributed by atoms with Crippen molar-refractivity contribution in [3.05, 3.63) is 69.2 Å². The third kappa shape index (κ3) is 3.15. The highest BCUT2D eigenvalue weighted by molar-refractivity contribution is 6.31. The van der Waals surface area contributed by atoms with Crippen LogP contribution in [0.25, 0.3) is 21.9 Å². The van der Waals surface area contributed by atoms with Crippen LogP contribution in [0.4, 0.5) is 5.69 Å². The van der Waals surface area contributed by atoms with Crippen LogP contribution in [0.3, 0.4) is 0 Å². The number of methoxy groups -OCH3 is 1. The number of aromatic nitrogens is 1. The number of amides is 1. The summed E-state index contributed by atoms with van der Waals surface area (Å²) >= 11 is 6.15. The van der Waals surface area contributed by atoms with Crippen molar-refractivity contribution < 1.29 is 13.9 Å². The molecule has 2 aromatic heterocycles. The molecule has 148 valence electrons. The van der Waals surface area contributed by atoms with Crippen molar-refractivity contribution >= 4 is 45.1 Å². The molecular formula is C22H19ClN2O4. The zero-order chi connectivity index (χ0) is 20.7. The number of nitrogens with zero attached hydrogens (tertiary/aromatic N) is 1. The first-order chi connectivity index (χ1) is 13.9. The summed E-state index contributed by atoms with van der Waals surface area (Å²) in [5.74, 6) is 0.102. The van der Waals surface area contributed by atoms with Gasteiger partial charge in [0.05, 0.1) is 23.7 Å². The van der Waals surface area contributed by atoms with Gasteiger partial charge in [-0.25, -0.2) is 4.79 Å². The van der Waals surface area contributed by atoms with E-state index in [1.54, 1.807) is 30.3 Å². The molecule has 0 unspecified atom stereocenters. The predicted molar refractivity (Wildman–Crippen MR) is 114 cm³/mol. The number of aryl methyl sites for hydroxylation is 2. The van der Waals surface area contributed by atoms with Crippen LogP contribution in [0.15, 0.2) is 51.7 Å². The van der Waals surface area contributed by atoms with Crippen LogP contribution in [0.5, 0.6) is 5.75 Å².